The average Bonchev–Trinajstić information content (AvgIpc) is 3.32. The molecule has 9 heteroatoms. The highest BCUT2D eigenvalue weighted by atomic mass is 127. The molecule has 2 fully saturated rings. The summed E-state index contributed by atoms with van der Waals surface area (Å²) in [7, 11) is 3.81. The van der Waals surface area contributed by atoms with Gasteiger partial charge in [0, 0.05) is 71.2 Å². The predicted molar refractivity (Wildman–Crippen MR) is 127 cm³/mol. The van der Waals surface area contributed by atoms with E-state index in [2.05, 4.69) is 39.1 Å². The Morgan fingerprint density at radius 1 is 1.10 bits per heavy atom. The van der Waals surface area contributed by atoms with Crippen LogP contribution in [0.4, 0.5) is 0 Å². The zero-order chi connectivity index (χ0) is 20.3. The number of aromatic nitrogens is 2. The van der Waals surface area contributed by atoms with Gasteiger partial charge in [-0.25, -0.2) is 0 Å². The van der Waals surface area contributed by atoms with Crippen LogP contribution in [0, 0.1) is 13.8 Å². The Kier molecular flexibility index (Phi) is 8.74. The molecule has 0 radical (unpaired) electrons. The number of likely N-dealkylation sites (tertiary alicyclic amines) is 1. The molecule has 1 unspecified atom stereocenters. The third-order valence-electron chi connectivity index (χ3n) is 6.23. The van der Waals surface area contributed by atoms with Crippen molar-refractivity contribution in [1.82, 2.24) is 29.8 Å². The van der Waals surface area contributed by atoms with Gasteiger partial charge in [-0.2, -0.15) is 5.10 Å². The third-order valence-corrected chi connectivity index (χ3v) is 6.23. The van der Waals surface area contributed by atoms with Crippen molar-refractivity contribution in [2.45, 2.75) is 46.2 Å². The van der Waals surface area contributed by atoms with Gasteiger partial charge < -0.3 is 15.1 Å². The Morgan fingerprint density at radius 3 is 2.24 bits per heavy atom. The first-order chi connectivity index (χ1) is 13.4. The lowest BCUT2D eigenvalue weighted by atomic mass is 10.2. The quantitative estimate of drug-likeness (QED) is 0.371. The van der Waals surface area contributed by atoms with Crippen LogP contribution in [-0.2, 0) is 18.4 Å². The van der Waals surface area contributed by atoms with Gasteiger partial charge >= 0.3 is 0 Å². The van der Waals surface area contributed by atoms with Crippen molar-refractivity contribution in [3.8, 4) is 0 Å². The van der Waals surface area contributed by atoms with E-state index in [1.165, 1.54) is 11.3 Å². The molecule has 29 heavy (non-hydrogen) atoms. The van der Waals surface area contributed by atoms with Gasteiger partial charge in [0.1, 0.15) is 0 Å². The minimum absolute atomic E-state index is 0. The Morgan fingerprint density at radius 2 is 1.72 bits per heavy atom. The molecule has 1 N–H and O–H groups in total. The van der Waals surface area contributed by atoms with E-state index in [1.807, 2.05) is 30.6 Å². The summed E-state index contributed by atoms with van der Waals surface area (Å²) < 4.78 is 1.92. The van der Waals surface area contributed by atoms with E-state index in [4.69, 9.17) is 0 Å². The number of nitrogens with zero attached hydrogens (tertiary/aromatic N) is 6. The fourth-order valence-electron chi connectivity index (χ4n) is 4.25. The number of hydrogen-bond acceptors (Lipinski definition) is 4. The molecule has 0 bridgehead atoms. The number of nitrogens with one attached hydrogen (secondary N) is 1. The molecule has 0 aliphatic carbocycles. The van der Waals surface area contributed by atoms with Crippen molar-refractivity contribution in [2.24, 2.45) is 12.0 Å². The van der Waals surface area contributed by atoms with Gasteiger partial charge in [0.15, 0.2) is 5.96 Å². The van der Waals surface area contributed by atoms with Crippen LogP contribution in [0.15, 0.2) is 4.99 Å². The van der Waals surface area contributed by atoms with Crippen molar-refractivity contribution >= 4 is 35.8 Å². The fourth-order valence-corrected chi connectivity index (χ4v) is 4.25. The molecular formula is C20H36IN7O. The molecule has 0 aromatic carbocycles. The SMILES string of the molecule is CN=C(NCc1c(C)nn(C)c1C)N1CCN(C(C)C(=O)N2CCCC2)CC1.I. The molecule has 1 aromatic rings. The number of aryl methyl sites for hydroxylation is 2. The zero-order valence-corrected chi connectivity index (χ0v) is 20.8. The van der Waals surface area contributed by atoms with Crippen LogP contribution < -0.4 is 5.32 Å². The molecule has 0 spiro atoms. The predicted octanol–water partition coefficient (Wildman–Crippen LogP) is 1.36. The summed E-state index contributed by atoms with van der Waals surface area (Å²) in [5.74, 6) is 1.21. The molecule has 164 valence electrons. The third kappa shape index (κ3) is 5.42. The van der Waals surface area contributed by atoms with Crippen molar-refractivity contribution in [2.75, 3.05) is 46.3 Å². The van der Waals surface area contributed by atoms with Crippen molar-refractivity contribution in [3.63, 3.8) is 0 Å². The number of halogens is 1. The van der Waals surface area contributed by atoms with Gasteiger partial charge in [0.2, 0.25) is 5.91 Å². The first-order valence-corrected chi connectivity index (χ1v) is 10.4. The Balaban J connectivity index is 0.00000300. The lowest BCUT2D eigenvalue weighted by Crippen LogP contribution is -2.57. The molecule has 0 saturated carbocycles. The van der Waals surface area contributed by atoms with E-state index >= 15 is 0 Å². The van der Waals surface area contributed by atoms with Crippen LogP contribution in [-0.4, -0.2) is 88.7 Å². The fraction of sp³-hybridized carbons (Fsp3) is 0.750. The molecule has 2 aliphatic heterocycles. The maximum absolute atomic E-state index is 12.7. The van der Waals surface area contributed by atoms with Crippen LogP contribution in [0.25, 0.3) is 0 Å². The maximum Gasteiger partial charge on any atom is 0.239 e. The molecule has 3 heterocycles. The summed E-state index contributed by atoms with van der Waals surface area (Å²) in [6.07, 6.45) is 2.29. The Labute approximate surface area is 191 Å². The minimum Gasteiger partial charge on any atom is -0.352 e. The van der Waals surface area contributed by atoms with Gasteiger partial charge in [0.25, 0.3) is 0 Å². The monoisotopic (exact) mass is 517 g/mol. The number of amides is 1. The van der Waals surface area contributed by atoms with E-state index < -0.39 is 0 Å². The number of rotatable bonds is 4. The molecule has 1 aromatic heterocycles. The molecule has 2 aliphatic rings. The number of guanidine groups is 1. The number of hydrogen-bond donors (Lipinski definition) is 1. The lowest BCUT2D eigenvalue weighted by molar-refractivity contribution is -0.135. The van der Waals surface area contributed by atoms with Crippen LogP contribution >= 0.6 is 24.0 Å². The second kappa shape index (κ2) is 10.6. The second-order valence-electron chi connectivity index (χ2n) is 7.91. The van der Waals surface area contributed by atoms with E-state index in [9.17, 15) is 4.79 Å². The molecule has 1 amide bonds. The van der Waals surface area contributed by atoms with Gasteiger partial charge in [-0.1, -0.05) is 0 Å². The van der Waals surface area contributed by atoms with E-state index in [1.54, 1.807) is 0 Å². The second-order valence-corrected chi connectivity index (χ2v) is 7.91. The highest BCUT2D eigenvalue weighted by molar-refractivity contribution is 14.0. The summed E-state index contributed by atoms with van der Waals surface area (Å²) in [6.45, 7) is 12.3. The van der Waals surface area contributed by atoms with Crippen LogP contribution in [0.2, 0.25) is 0 Å². The Bertz CT molecular complexity index is 719. The van der Waals surface area contributed by atoms with Crippen molar-refractivity contribution in [1.29, 1.82) is 0 Å². The number of piperazine rings is 1. The minimum atomic E-state index is -0.0316. The zero-order valence-electron chi connectivity index (χ0n) is 18.4. The number of carbonyl (C=O) groups is 1. The molecule has 8 nitrogen and oxygen atoms in total. The lowest BCUT2D eigenvalue weighted by Gasteiger charge is -2.39. The standard InChI is InChI=1S/C20H35N7O.HI/c1-15-18(16(2)24(5)23-15)14-22-20(21-4)27-12-10-25(11-13-27)17(3)19(28)26-8-6-7-9-26;/h17H,6-14H2,1-5H3,(H,21,22);1H. The Hall–Kier alpha value is -1.36. The molecule has 3 rings (SSSR count). The van der Waals surface area contributed by atoms with Crippen LogP contribution in [0.3, 0.4) is 0 Å². The summed E-state index contributed by atoms with van der Waals surface area (Å²) in [6, 6.07) is -0.0316. The molecule has 1 atom stereocenters. The van der Waals surface area contributed by atoms with Gasteiger partial charge in [-0.15, -0.1) is 24.0 Å². The van der Waals surface area contributed by atoms with Crippen molar-refractivity contribution in [3.05, 3.63) is 17.0 Å². The van der Waals surface area contributed by atoms with Crippen molar-refractivity contribution < 1.29 is 4.79 Å². The highest BCUT2D eigenvalue weighted by Gasteiger charge is 2.30. The largest absolute Gasteiger partial charge is 0.352 e. The smallest absolute Gasteiger partial charge is 0.239 e. The van der Waals surface area contributed by atoms with E-state index in [0.29, 0.717) is 0 Å². The van der Waals surface area contributed by atoms with Gasteiger partial charge in [-0.05, 0) is 33.6 Å². The average molecular weight is 517 g/mol. The van der Waals surface area contributed by atoms with Gasteiger partial charge in [-0.3, -0.25) is 19.4 Å². The topological polar surface area (TPSA) is 69.0 Å². The summed E-state index contributed by atoms with van der Waals surface area (Å²) in [4.78, 5) is 23.8. The summed E-state index contributed by atoms with van der Waals surface area (Å²) in [5.41, 5.74) is 3.47. The first kappa shape index (κ1) is 23.9. The van der Waals surface area contributed by atoms with Gasteiger partial charge in [0.05, 0.1) is 11.7 Å². The number of carbonyl (C=O) groups excluding carboxylic acids is 1. The normalized spacial score (nSPS) is 19.3. The molecular weight excluding hydrogens is 481 g/mol. The highest BCUT2D eigenvalue weighted by Crippen LogP contribution is 2.15. The molecule has 2 saturated heterocycles. The first-order valence-electron chi connectivity index (χ1n) is 10.4. The summed E-state index contributed by atoms with van der Waals surface area (Å²) in [5, 5.41) is 7.98. The van der Waals surface area contributed by atoms with Crippen LogP contribution in [0.5, 0.6) is 0 Å². The number of aliphatic imine (C=N–C) groups is 1. The van der Waals surface area contributed by atoms with E-state index in [-0.39, 0.29) is 35.9 Å². The maximum atomic E-state index is 12.7. The van der Waals surface area contributed by atoms with E-state index in [0.717, 1.165) is 70.3 Å². The summed E-state index contributed by atoms with van der Waals surface area (Å²) >= 11 is 0. The van der Waals surface area contributed by atoms with Crippen LogP contribution in [0.1, 0.15) is 36.7 Å².